The fourth-order valence-electron chi connectivity index (χ4n) is 2.71. The fraction of sp³-hybridized carbons (Fsp3) is 0.182. The second-order valence-electron chi connectivity index (χ2n) is 6.14. The quantitative estimate of drug-likeness (QED) is 0.624. The van der Waals surface area contributed by atoms with Gasteiger partial charge in [0.05, 0.1) is 14.2 Å². The molecule has 0 bridgehead atoms. The number of anilines is 2. The Morgan fingerprint density at radius 3 is 2.50 bits per heavy atom. The second-order valence-corrected chi connectivity index (χ2v) is 6.14. The lowest BCUT2D eigenvalue weighted by atomic mass is 10.1. The number of hydrogen-bond acceptors (Lipinski definition) is 5. The number of rotatable bonds is 8. The van der Waals surface area contributed by atoms with E-state index in [0.29, 0.717) is 17.9 Å². The van der Waals surface area contributed by atoms with Gasteiger partial charge in [-0.05, 0) is 60.5 Å². The zero-order valence-electron chi connectivity index (χ0n) is 15.9. The maximum Gasteiger partial charge on any atom is 0.251 e. The van der Waals surface area contributed by atoms with Crippen molar-refractivity contribution in [3.05, 3.63) is 78.0 Å². The van der Waals surface area contributed by atoms with Gasteiger partial charge in [0.15, 0.2) is 0 Å². The predicted molar refractivity (Wildman–Crippen MR) is 110 cm³/mol. The molecule has 0 radical (unpaired) electrons. The largest absolute Gasteiger partial charge is 0.497 e. The monoisotopic (exact) mass is 377 g/mol. The first kappa shape index (κ1) is 19.2. The van der Waals surface area contributed by atoms with E-state index in [9.17, 15) is 4.79 Å². The van der Waals surface area contributed by atoms with E-state index in [-0.39, 0.29) is 5.91 Å². The van der Waals surface area contributed by atoms with Crippen LogP contribution in [0.2, 0.25) is 0 Å². The van der Waals surface area contributed by atoms with Crippen LogP contribution in [0.5, 0.6) is 11.5 Å². The van der Waals surface area contributed by atoms with Crippen molar-refractivity contribution in [1.82, 2.24) is 10.3 Å². The van der Waals surface area contributed by atoms with Crippen molar-refractivity contribution < 1.29 is 14.3 Å². The molecule has 144 valence electrons. The maximum atomic E-state index is 12.4. The number of aromatic nitrogens is 1. The molecule has 1 heterocycles. The molecule has 0 fully saturated rings. The molecule has 3 rings (SSSR count). The molecule has 0 saturated carbocycles. The Hall–Kier alpha value is -3.54. The summed E-state index contributed by atoms with van der Waals surface area (Å²) in [6.45, 7) is 0.537. The van der Waals surface area contributed by atoms with Gasteiger partial charge in [-0.1, -0.05) is 12.1 Å². The minimum Gasteiger partial charge on any atom is -0.497 e. The van der Waals surface area contributed by atoms with Gasteiger partial charge in [0.1, 0.15) is 17.3 Å². The number of carbonyl (C=O) groups excluding carboxylic acids is 1. The molecule has 3 aromatic rings. The van der Waals surface area contributed by atoms with Gasteiger partial charge in [0.25, 0.3) is 5.91 Å². The topological polar surface area (TPSA) is 72.5 Å². The van der Waals surface area contributed by atoms with Crippen molar-refractivity contribution in [3.63, 3.8) is 0 Å². The predicted octanol–water partition coefficient (Wildman–Crippen LogP) is 3.81. The molecular weight excluding hydrogens is 354 g/mol. The lowest BCUT2D eigenvalue weighted by Gasteiger charge is -2.09. The van der Waals surface area contributed by atoms with Crippen LogP contribution >= 0.6 is 0 Å². The van der Waals surface area contributed by atoms with Crippen LogP contribution in [0.4, 0.5) is 11.5 Å². The third kappa shape index (κ3) is 5.23. The molecule has 0 aliphatic rings. The molecule has 6 nitrogen and oxygen atoms in total. The number of nitrogens with zero attached hydrogens (tertiary/aromatic N) is 1. The minimum atomic E-state index is -0.136. The number of pyridine rings is 1. The van der Waals surface area contributed by atoms with Crippen molar-refractivity contribution in [2.75, 3.05) is 26.1 Å². The molecule has 0 aliphatic heterocycles. The van der Waals surface area contributed by atoms with Crippen LogP contribution in [0.25, 0.3) is 0 Å². The van der Waals surface area contributed by atoms with E-state index < -0.39 is 0 Å². The number of nitrogens with one attached hydrogen (secondary N) is 2. The molecule has 0 saturated heterocycles. The Balaban J connectivity index is 1.56. The summed E-state index contributed by atoms with van der Waals surface area (Å²) in [5.41, 5.74) is 2.52. The van der Waals surface area contributed by atoms with E-state index in [4.69, 9.17) is 9.47 Å². The van der Waals surface area contributed by atoms with E-state index in [1.807, 2.05) is 48.5 Å². The summed E-state index contributed by atoms with van der Waals surface area (Å²) in [4.78, 5) is 16.7. The molecule has 2 N–H and O–H groups in total. The van der Waals surface area contributed by atoms with Crippen LogP contribution in [-0.4, -0.2) is 31.7 Å². The number of benzene rings is 2. The Morgan fingerprint density at radius 1 is 0.964 bits per heavy atom. The standard InChI is InChI=1S/C22H23N3O3/c1-27-19-8-6-18(7-9-19)25-21-15-17(11-13-23-21)22(26)24-12-10-16-4-3-5-20(14-16)28-2/h3-9,11,13-15H,10,12H2,1-2H3,(H,23,25)(H,24,26). The first-order valence-corrected chi connectivity index (χ1v) is 8.96. The molecule has 0 aliphatic carbocycles. The van der Waals surface area contributed by atoms with Gasteiger partial charge in [-0.15, -0.1) is 0 Å². The highest BCUT2D eigenvalue weighted by Crippen LogP contribution is 2.19. The van der Waals surface area contributed by atoms with Gasteiger partial charge in [0.2, 0.25) is 0 Å². The zero-order chi connectivity index (χ0) is 19.8. The van der Waals surface area contributed by atoms with E-state index in [1.165, 1.54) is 0 Å². The van der Waals surface area contributed by atoms with Gasteiger partial charge >= 0.3 is 0 Å². The molecule has 2 aromatic carbocycles. The minimum absolute atomic E-state index is 0.136. The first-order chi connectivity index (χ1) is 13.7. The molecule has 0 spiro atoms. The van der Waals surface area contributed by atoms with Crippen molar-refractivity contribution >= 4 is 17.4 Å². The highest BCUT2D eigenvalue weighted by Gasteiger charge is 2.07. The van der Waals surface area contributed by atoms with Crippen LogP contribution in [0, 0.1) is 0 Å². The second kappa shape index (κ2) is 9.41. The molecule has 1 aromatic heterocycles. The third-order valence-corrected chi connectivity index (χ3v) is 4.22. The Bertz CT molecular complexity index is 926. The maximum absolute atomic E-state index is 12.4. The number of ether oxygens (including phenoxy) is 2. The molecule has 28 heavy (non-hydrogen) atoms. The van der Waals surface area contributed by atoms with Gasteiger partial charge in [0, 0.05) is 24.0 Å². The van der Waals surface area contributed by atoms with Crippen LogP contribution in [0.3, 0.4) is 0 Å². The van der Waals surface area contributed by atoms with E-state index in [0.717, 1.165) is 29.2 Å². The average molecular weight is 377 g/mol. The normalized spacial score (nSPS) is 10.2. The Labute approximate surface area is 164 Å². The summed E-state index contributed by atoms with van der Waals surface area (Å²) >= 11 is 0. The van der Waals surface area contributed by atoms with Gasteiger partial charge in [-0.3, -0.25) is 4.79 Å². The summed E-state index contributed by atoms with van der Waals surface area (Å²) in [6.07, 6.45) is 2.34. The van der Waals surface area contributed by atoms with Crippen LogP contribution in [-0.2, 0) is 6.42 Å². The number of methoxy groups -OCH3 is 2. The van der Waals surface area contributed by atoms with Crippen LogP contribution in [0.1, 0.15) is 15.9 Å². The Morgan fingerprint density at radius 2 is 1.75 bits per heavy atom. The zero-order valence-corrected chi connectivity index (χ0v) is 15.9. The third-order valence-electron chi connectivity index (χ3n) is 4.22. The lowest BCUT2D eigenvalue weighted by molar-refractivity contribution is 0.0954. The fourth-order valence-corrected chi connectivity index (χ4v) is 2.71. The summed E-state index contributed by atoms with van der Waals surface area (Å²) in [7, 11) is 3.27. The number of hydrogen-bond donors (Lipinski definition) is 2. The van der Waals surface area contributed by atoms with Crippen LogP contribution in [0.15, 0.2) is 66.9 Å². The van der Waals surface area contributed by atoms with Gasteiger partial charge in [-0.25, -0.2) is 4.98 Å². The van der Waals surface area contributed by atoms with Crippen molar-refractivity contribution in [2.45, 2.75) is 6.42 Å². The van der Waals surface area contributed by atoms with Crippen LogP contribution < -0.4 is 20.1 Å². The highest BCUT2D eigenvalue weighted by molar-refractivity contribution is 5.94. The van der Waals surface area contributed by atoms with E-state index in [1.54, 1.807) is 32.5 Å². The lowest BCUT2D eigenvalue weighted by Crippen LogP contribution is -2.25. The van der Waals surface area contributed by atoms with E-state index >= 15 is 0 Å². The molecule has 0 unspecified atom stereocenters. The first-order valence-electron chi connectivity index (χ1n) is 8.96. The van der Waals surface area contributed by atoms with Crippen molar-refractivity contribution in [1.29, 1.82) is 0 Å². The van der Waals surface area contributed by atoms with E-state index in [2.05, 4.69) is 15.6 Å². The SMILES string of the molecule is COc1ccc(Nc2cc(C(=O)NCCc3cccc(OC)c3)ccn2)cc1. The number of carbonyl (C=O) groups is 1. The summed E-state index contributed by atoms with van der Waals surface area (Å²) < 4.78 is 10.4. The highest BCUT2D eigenvalue weighted by atomic mass is 16.5. The Kier molecular flexibility index (Phi) is 6.46. The van der Waals surface area contributed by atoms with Crippen molar-refractivity contribution in [2.24, 2.45) is 0 Å². The molecule has 1 amide bonds. The van der Waals surface area contributed by atoms with Gasteiger partial charge < -0.3 is 20.1 Å². The summed E-state index contributed by atoms with van der Waals surface area (Å²) in [5, 5.41) is 6.12. The molecular formula is C22H23N3O3. The number of amides is 1. The van der Waals surface area contributed by atoms with Gasteiger partial charge in [-0.2, -0.15) is 0 Å². The smallest absolute Gasteiger partial charge is 0.251 e. The summed E-state index contributed by atoms with van der Waals surface area (Å²) in [6, 6.07) is 18.7. The average Bonchev–Trinajstić information content (AvgIpc) is 2.74. The van der Waals surface area contributed by atoms with Crippen molar-refractivity contribution in [3.8, 4) is 11.5 Å². The summed E-state index contributed by atoms with van der Waals surface area (Å²) in [5.74, 6) is 2.06. The molecule has 0 atom stereocenters. The molecule has 6 heteroatoms.